The molecule has 0 saturated heterocycles. The van der Waals surface area contributed by atoms with E-state index >= 15 is 0 Å². The zero-order valence-corrected chi connectivity index (χ0v) is 16.1. The highest BCUT2D eigenvalue weighted by Gasteiger charge is 2.10. The number of ketones is 1. The Morgan fingerprint density at radius 2 is 1.57 bits per heavy atom. The Labute approximate surface area is 165 Å². The number of anilines is 1. The molecule has 0 aliphatic heterocycles. The molecule has 0 bridgehead atoms. The van der Waals surface area contributed by atoms with Crippen molar-refractivity contribution in [2.24, 2.45) is 0 Å². The van der Waals surface area contributed by atoms with Crippen LogP contribution in [-0.4, -0.2) is 31.5 Å². The average molecular weight is 376 g/mol. The van der Waals surface area contributed by atoms with Crippen LogP contribution in [0.15, 0.2) is 67.0 Å². The molecule has 0 aliphatic rings. The zero-order chi connectivity index (χ0) is 19.8. The lowest BCUT2D eigenvalue weighted by molar-refractivity contribution is 0.0986. The number of ether oxygens (including phenoxy) is 2. The van der Waals surface area contributed by atoms with E-state index in [0.29, 0.717) is 30.0 Å². The molecule has 0 aliphatic carbocycles. The Bertz CT molecular complexity index is 909. The van der Waals surface area contributed by atoms with E-state index in [2.05, 4.69) is 22.4 Å². The van der Waals surface area contributed by atoms with E-state index in [4.69, 9.17) is 9.47 Å². The molecular weight excluding hydrogens is 352 g/mol. The van der Waals surface area contributed by atoms with Crippen LogP contribution in [0.1, 0.15) is 27.9 Å². The molecule has 1 heterocycles. The van der Waals surface area contributed by atoms with E-state index in [1.54, 1.807) is 44.8 Å². The van der Waals surface area contributed by atoms with Gasteiger partial charge in [0.05, 0.1) is 14.2 Å². The molecule has 0 atom stereocenters. The minimum absolute atomic E-state index is 0.0581. The molecule has 2 aromatic carbocycles. The van der Waals surface area contributed by atoms with Crippen LogP contribution in [0.4, 0.5) is 5.69 Å². The van der Waals surface area contributed by atoms with E-state index in [1.165, 1.54) is 11.1 Å². The van der Waals surface area contributed by atoms with Gasteiger partial charge >= 0.3 is 0 Å². The van der Waals surface area contributed by atoms with Gasteiger partial charge in [-0.25, -0.2) is 0 Å². The van der Waals surface area contributed by atoms with Gasteiger partial charge < -0.3 is 14.8 Å². The Balaban J connectivity index is 1.51. The van der Waals surface area contributed by atoms with Crippen LogP contribution in [0.2, 0.25) is 0 Å². The van der Waals surface area contributed by atoms with Crippen LogP contribution >= 0.6 is 0 Å². The van der Waals surface area contributed by atoms with Crippen molar-refractivity contribution in [3.05, 3.63) is 83.7 Å². The Kier molecular flexibility index (Phi) is 6.63. The van der Waals surface area contributed by atoms with Crippen molar-refractivity contribution in [2.75, 3.05) is 26.1 Å². The van der Waals surface area contributed by atoms with Crippen LogP contribution in [0.25, 0.3) is 0 Å². The number of methoxy groups -OCH3 is 2. The maximum absolute atomic E-state index is 12.4. The molecule has 5 heteroatoms. The summed E-state index contributed by atoms with van der Waals surface area (Å²) >= 11 is 0. The summed E-state index contributed by atoms with van der Waals surface area (Å²) in [4.78, 5) is 16.5. The van der Waals surface area contributed by atoms with Gasteiger partial charge in [-0.1, -0.05) is 12.1 Å². The third-order valence-electron chi connectivity index (χ3n) is 4.50. The molecule has 3 aromatic rings. The van der Waals surface area contributed by atoms with Gasteiger partial charge in [-0.05, 0) is 60.0 Å². The summed E-state index contributed by atoms with van der Waals surface area (Å²) in [6.07, 6.45) is 4.89. The number of Topliss-reactive ketones (excluding diaryl/α,β-unsaturated/α-hetero) is 1. The number of hydrogen-bond acceptors (Lipinski definition) is 5. The molecule has 0 fully saturated rings. The fraction of sp³-hybridized carbons (Fsp3) is 0.217. The molecule has 3 rings (SSSR count). The lowest BCUT2D eigenvalue weighted by atomic mass is 10.1. The molecule has 0 unspecified atom stereocenters. The van der Waals surface area contributed by atoms with E-state index < -0.39 is 0 Å². The normalized spacial score (nSPS) is 10.4. The van der Waals surface area contributed by atoms with Crippen molar-refractivity contribution in [1.29, 1.82) is 0 Å². The molecule has 1 aromatic heterocycles. The molecule has 5 nitrogen and oxygen atoms in total. The van der Waals surface area contributed by atoms with Gasteiger partial charge in [-0.3, -0.25) is 9.78 Å². The first kappa shape index (κ1) is 19.4. The van der Waals surface area contributed by atoms with Crippen molar-refractivity contribution in [2.45, 2.75) is 12.8 Å². The van der Waals surface area contributed by atoms with Crippen molar-refractivity contribution in [1.82, 2.24) is 4.98 Å². The van der Waals surface area contributed by atoms with E-state index in [0.717, 1.165) is 12.1 Å². The predicted octanol–water partition coefficient (Wildman–Crippen LogP) is 4.37. The summed E-state index contributed by atoms with van der Waals surface area (Å²) < 4.78 is 10.5. The number of carbonyl (C=O) groups excluding carboxylic acids is 1. The highest BCUT2D eigenvalue weighted by atomic mass is 16.5. The first-order chi connectivity index (χ1) is 13.7. The summed E-state index contributed by atoms with van der Waals surface area (Å²) in [5.41, 5.74) is 4.08. The Hall–Kier alpha value is -3.34. The average Bonchev–Trinajstić information content (AvgIpc) is 2.75. The van der Waals surface area contributed by atoms with E-state index in [9.17, 15) is 4.79 Å². The minimum atomic E-state index is 0.0581. The molecule has 0 radical (unpaired) electrons. The first-order valence-electron chi connectivity index (χ1n) is 9.16. The number of nitrogens with zero attached hydrogens (tertiary/aromatic N) is 1. The third kappa shape index (κ3) is 5.10. The summed E-state index contributed by atoms with van der Waals surface area (Å²) in [5, 5.41) is 3.30. The topological polar surface area (TPSA) is 60.5 Å². The fourth-order valence-electron chi connectivity index (χ4n) is 2.95. The minimum Gasteiger partial charge on any atom is -0.493 e. The smallest absolute Gasteiger partial charge is 0.164 e. The van der Waals surface area contributed by atoms with Gasteiger partial charge in [0.2, 0.25) is 0 Å². The summed E-state index contributed by atoms with van der Waals surface area (Å²) in [6.45, 7) is 0.566. The number of nitrogens with one attached hydrogen (secondary N) is 1. The molecular formula is C23H24N2O3. The van der Waals surface area contributed by atoms with Gasteiger partial charge in [0.1, 0.15) is 0 Å². The lowest BCUT2D eigenvalue weighted by Gasteiger charge is -2.10. The largest absolute Gasteiger partial charge is 0.493 e. The second kappa shape index (κ2) is 9.55. The number of rotatable bonds is 9. The van der Waals surface area contributed by atoms with Crippen LogP contribution in [0.5, 0.6) is 11.5 Å². The second-order valence-electron chi connectivity index (χ2n) is 6.40. The van der Waals surface area contributed by atoms with Crippen molar-refractivity contribution >= 4 is 11.5 Å². The van der Waals surface area contributed by atoms with Gasteiger partial charge in [-0.2, -0.15) is 0 Å². The highest BCUT2D eigenvalue weighted by molar-refractivity contribution is 5.97. The van der Waals surface area contributed by atoms with Crippen LogP contribution < -0.4 is 14.8 Å². The zero-order valence-electron chi connectivity index (χ0n) is 16.1. The number of carbonyl (C=O) groups is 1. The standard InChI is InChI=1S/C23H24N2O3/c1-27-22-8-5-19(16-23(22)28-2)21(26)11-14-25-20-6-3-17(4-7-20)15-18-9-12-24-13-10-18/h3-10,12-13,16,25H,11,14-15H2,1-2H3. The van der Waals surface area contributed by atoms with Gasteiger partial charge in [0.25, 0.3) is 0 Å². The van der Waals surface area contributed by atoms with Crippen molar-refractivity contribution in [3.8, 4) is 11.5 Å². The van der Waals surface area contributed by atoms with Gasteiger partial charge in [0.15, 0.2) is 17.3 Å². The molecule has 0 amide bonds. The maximum atomic E-state index is 12.4. The van der Waals surface area contributed by atoms with Gasteiger partial charge in [0, 0.05) is 36.6 Å². The van der Waals surface area contributed by atoms with Crippen LogP contribution in [0, 0.1) is 0 Å². The lowest BCUT2D eigenvalue weighted by Crippen LogP contribution is -2.09. The molecule has 0 saturated carbocycles. The Morgan fingerprint density at radius 3 is 2.25 bits per heavy atom. The molecule has 144 valence electrons. The number of benzene rings is 2. The summed E-state index contributed by atoms with van der Waals surface area (Å²) in [5.74, 6) is 1.23. The van der Waals surface area contributed by atoms with Crippen LogP contribution in [-0.2, 0) is 6.42 Å². The molecule has 28 heavy (non-hydrogen) atoms. The van der Waals surface area contributed by atoms with Gasteiger partial charge in [-0.15, -0.1) is 0 Å². The Morgan fingerprint density at radius 1 is 0.893 bits per heavy atom. The van der Waals surface area contributed by atoms with E-state index in [1.807, 2.05) is 24.3 Å². The molecule has 0 spiro atoms. The third-order valence-corrected chi connectivity index (χ3v) is 4.50. The number of aromatic nitrogens is 1. The van der Waals surface area contributed by atoms with Crippen LogP contribution in [0.3, 0.4) is 0 Å². The molecule has 1 N–H and O–H groups in total. The highest BCUT2D eigenvalue weighted by Crippen LogP contribution is 2.28. The van der Waals surface area contributed by atoms with E-state index in [-0.39, 0.29) is 5.78 Å². The fourth-order valence-corrected chi connectivity index (χ4v) is 2.95. The second-order valence-corrected chi connectivity index (χ2v) is 6.40. The first-order valence-corrected chi connectivity index (χ1v) is 9.16. The number of hydrogen-bond donors (Lipinski definition) is 1. The van der Waals surface area contributed by atoms with Crippen molar-refractivity contribution < 1.29 is 14.3 Å². The number of pyridine rings is 1. The van der Waals surface area contributed by atoms with Crippen molar-refractivity contribution in [3.63, 3.8) is 0 Å². The summed E-state index contributed by atoms with van der Waals surface area (Å²) in [7, 11) is 3.14. The SMILES string of the molecule is COc1ccc(C(=O)CCNc2ccc(Cc3ccncc3)cc2)cc1OC. The quantitative estimate of drug-likeness (QED) is 0.562. The summed E-state index contributed by atoms with van der Waals surface area (Å²) in [6, 6.07) is 17.5. The predicted molar refractivity (Wildman–Crippen MR) is 110 cm³/mol. The maximum Gasteiger partial charge on any atom is 0.164 e. The monoisotopic (exact) mass is 376 g/mol.